The van der Waals surface area contributed by atoms with Crippen molar-refractivity contribution in [2.45, 2.75) is 33.3 Å². The number of hydrogen-bond acceptors (Lipinski definition) is 3. The molecule has 1 atom stereocenters. The summed E-state index contributed by atoms with van der Waals surface area (Å²) in [5, 5.41) is 2.86. The van der Waals surface area contributed by atoms with Crippen molar-refractivity contribution >= 4 is 11.6 Å². The van der Waals surface area contributed by atoms with E-state index in [1.54, 1.807) is 14.0 Å². The molecule has 0 aliphatic rings. The number of carbonyl (C=O) groups excluding carboxylic acids is 1. The van der Waals surface area contributed by atoms with E-state index in [1.165, 1.54) is 5.56 Å². The second-order valence-electron chi connectivity index (χ2n) is 5.45. The van der Waals surface area contributed by atoms with Gasteiger partial charge in [-0.1, -0.05) is 25.1 Å². The average molecular weight is 313 g/mol. The molecule has 0 aromatic heterocycles. The molecule has 0 saturated carbocycles. The van der Waals surface area contributed by atoms with E-state index in [-0.39, 0.29) is 5.91 Å². The highest BCUT2D eigenvalue weighted by Crippen LogP contribution is 2.25. The van der Waals surface area contributed by atoms with Gasteiger partial charge in [0.25, 0.3) is 5.91 Å². The number of methoxy groups -OCH3 is 1. The van der Waals surface area contributed by atoms with Gasteiger partial charge in [-0.05, 0) is 55.7 Å². The average Bonchev–Trinajstić information content (AvgIpc) is 2.55. The Bertz CT molecular complexity index is 682. The summed E-state index contributed by atoms with van der Waals surface area (Å²) < 4.78 is 11.0. The predicted molar refractivity (Wildman–Crippen MR) is 92.3 cm³/mol. The largest absolute Gasteiger partial charge is 0.495 e. The van der Waals surface area contributed by atoms with E-state index in [0.717, 1.165) is 12.0 Å². The van der Waals surface area contributed by atoms with E-state index >= 15 is 0 Å². The van der Waals surface area contributed by atoms with Crippen molar-refractivity contribution in [3.8, 4) is 11.5 Å². The highest BCUT2D eigenvalue weighted by atomic mass is 16.5. The molecule has 0 aliphatic heterocycles. The Morgan fingerprint density at radius 1 is 1.22 bits per heavy atom. The van der Waals surface area contributed by atoms with Crippen LogP contribution in [0.25, 0.3) is 0 Å². The molecule has 1 unspecified atom stereocenters. The minimum absolute atomic E-state index is 0.212. The summed E-state index contributed by atoms with van der Waals surface area (Å²) in [6, 6.07) is 13.4. The van der Waals surface area contributed by atoms with E-state index in [0.29, 0.717) is 17.2 Å². The van der Waals surface area contributed by atoms with E-state index in [2.05, 4.69) is 12.2 Å². The monoisotopic (exact) mass is 313 g/mol. The summed E-state index contributed by atoms with van der Waals surface area (Å²) in [5.41, 5.74) is 2.87. The fourth-order valence-corrected chi connectivity index (χ4v) is 2.25. The van der Waals surface area contributed by atoms with E-state index < -0.39 is 6.10 Å². The van der Waals surface area contributed by atoms with Crippen LogP contribution in [0.15, 0.2) is 42.5 Å². The van der Waals surface area contributed by atoms with Gasteiger partial charge in [0.1, 0.15) is 11.5 Å². The van der Waals surface area contributed by atoms with Crippen LogP contribution in [0.2, 0.25) is 0 Å². The summed E-state index contributed by atoms with van der Waals surface area (Å²) in [6.07, 6.45) is 0.325. The lowest BCUT2D eigenvalue weighted by molar-refractivity contribution is -0.122. The molecule has 2 rings (SSSR count). The molecule has 0 radical (unpaired) electrons. The van der Waals surface area contributed by atoms with Gasteiger partial charge in [0.2, 0.25) is 0 Å². The molecular formula is C19H23NO3. The Morgan fingerprint density at radius 2 is 2.00 bits per heavy atom. The van der Waals surface area contributed by atoms with Gasteiger partial charge in [0, 0.05) is 0 Å². The molecule has 0 spiro atoms. The van der Waals surface area contributed by atoms with Crippen molar-refractivity contribution in [1.82, 2.24) is 0 Å². The molecule has 0 bridgehead atoms. The van der Waals surface area contributed by atoms with Crippen LogP contribution in [0.4, 0.5) is 5.69 Å². The SMILES string of the molecule is CCc1cccc(OC(C)C(=O)Nc2cc(C)ccc2OC)c1. The maximum Gasteiger partial charge on any atom is 0.265 e. The van der Waals surface area contributed by atoms with Gasteiger partial charge >= 0.3 is 0 Å². The molecule has 4 heteroatoms. The summed E-state index contributed by atoms with van der Waals surface area (Å²) >= 11 is 0. The van der Waals surface area contributed by atoms with Crippen molar-refractivity contribution in [3.05, 3.63) is 53.6 Å². The number of hydrogen-bond donors (Lipinski definition) is 1. The van der Waals surface area contributed by atoms with Gasteiger partial charge in [-0.3, -0.25) is 4.79 Å². The summed E-state index contributed by atoms with van der Waals surface area (Å²) in [4.78, 5) is 12.4. The first-order chi connectivity index (χ1) is 11.0. The van der Waals surface area contributed by atoms with Crippen LogP contribution in [-0.2, 0) is 11.2 Å². The van der Waals surface area contributed by atoms with Crippen LogP contribution >= 0.6 is 0 Å². The fourth-order valence-electron chi connectivity index (χ4n) is 2.25. The highest BCUT2D eigenvalue weighted by Gasteiger charge is 2.17. The molecule has 2 aromatic carbocycles. The third kappa shape index (κ3) is 4.49. The number of amides is 1. The zero-order chi connectivity index (χ0) is 16.8. The van der Waals surface area contributed by atoms with E-state index in [1.807, 2.05) is 49.4 Å². The molecular weight excluding hydrogens is 290 g/mol. The first kappa shape index (κ1) is 16.9. The quantitative estimate of drug-likeness (QED) is 0.877. The lowest BCUT2D eigenvalue weighted by Gasteiger charge is -2.17. The van der Waals surface area contributed by atoms with Gasteiger partial charge in [-0.25, -0.2) is 0 Å². The van der Waals surface area contributed by atoms with Crippen LogP contribution < -0.4 is 14.8 Å². The smallest absolute Gasteiger partial charge is 0.265 e. The fraction of sp³-hybridized carbons (Fsp3) is 0.316. The van der Waals surface area contributed by atoms with Gasteiger partial charge in [-0.15, -0.1) is 0 Å². The third-order valence-corrected chi connectivity index (χ3v) is 3.60. The zero-order valence-corrected chi connectivity index (χ0v) is 14.1. The topological polar surface area (TPSA) is 47.6 Å². The lowest BCUT2D eigenvalue weighted by atomic mass is 10.1. The Hall–Kier alpha value is -2.49. The minimum atomic E-state index is -0.604. The van der Waals surface area contributed by atoms with Crippen LogP contribution in [0, 0.1) is 6.92 Å². The van der Waals surface area contributed by atoms with Crippen LogP contribution in [0.1, 0.15) is 25.0 Å². The van der Waals surface area contributed by atoms with Crippen molar-refractivity contribution < 1.29 is 14.3 Å². The highest BCUT2D eigenvalue weighted by molar-refractivity contribution is 5.95. The van der Waals surface area contributed by atoms with Gasteiger partial charge in [-0.2, -0.15) is 0 Å². The Balaban J connectivity index is 2.06. The Kier molecular flexibility index (Phi) is 5.63. The number of anilines is 1. The lowest BCUT2D eigenvalue weighted by Crippen LogP contribution is -2.30. The number of ether oxygens (including phenoxy) is 2. The van der Waals surface area contributed by atoms with Crippen LogP contribution in [-0.4, -0.2) is 19.1 Å². The van der Waals surface area contributed by atoms with E-state index in [4.69, 9.17) is 9.47 Å². The number of nitrogens with one attached hydrogen (secondary N) is 1. The minimum Gasteiger partial charge on any atom is -0.495 e. The number of benzene rings is 2. The zero-order valence-electron chi connectivity index (χ0n) is 14.1. The maximum atomic E-state index is 12.4. The third-order valence-electron chi connectivity index (χ3n) is 3.60. The molecule has 2 aromatic rings. The maximum absolute atomic E-state index is 12.4. The van der Waals surface area contributed by atoms with Gasteiger partial charge in [0.05, 0.1) is 12.8 Å². The number of aryl methyl sites for hydroxylation is 2. The standard InChI is InChI=1S/C19H23NO3/c1-5-15-7-6-8-16(12-15)23-14(3)19(21)20-17-11-13(2)9-10-18(17)22-4/h6-12,14H,5H2,1-4H3,(H,20,21). The van der Waals surface area contributed by atoms with Gasteiger partial charge < -0.3 is 14.8 Å². The molecule has 0 heterocycles. The molecule has 1 N–H and O–H groups in total. The first-order valence-electron chi connectivity index (χ1n) is 7.74. The number of rotatable bonds is 6. The summed E-state index contributed by atoms with van der Waals surface area (Å²) in [7, 11) is 1.58. The second-order valence-corrected chi connectivity index (χ2v) is 5.45. The van der Waals surface area contributed by atoms with Gasteiger partial charge in [0.15, 0.2) is 6.10 Å². The molecule has 4 nitrogen and oxygen atoms in total. The molecule has 1 amide bonds. The molecule has 0 aliphatic carbocycles. The van der Waals surface area contributed by atoms with E-state index in [9.17, 15) is 4.79 Å². The Morgan fingerprint density at radius 3 is 2.70 bits per heavy atom. The number of carbonyl (C=O) groups is 1. The van der Waals surface area contributed by atoms with Crippen molar-refractivity contribution in [2.24, 2.45) is 0 Å². The van der Waals surface area contributed by atoms with Crippen LogP contribution in [0.5, 0.6) is 11.5 Å². The van der Waals surface area contributed by atoms with Crippen molar-refractivity contribution in [2.75, 3.05) is 12.4 Å². The molecule has 0 fully saturated rings. The predicted octanol–water partition coefficient (Wildman–Crippen LogP) is 3.97. The molecule has 23 heavy (non-hydrogen) atoms. The second kappa shape index (κ2) is 7.68. The van der Waals surface area contributed by atoms with Crippen molar-refractivity contribution in [3.63, 3.8) is 0 Å². The molecule has 0 saturated heterocycles. The van der Waals surface area contributed by atoms with Crippen molar-refractivity contribution in [1.29, 1.82) is 0 Å². The summed E-state index contributed by atoms with van der Waals surface area (Å²) in [6.45, 7) is 5.78. The normalized spacial score (nSPS) is 11.7. The Labute approximate surface area is 137 Å². The molecule has 122 valence electrons. The first-order valence-corrected chi connectivity index (χ1v) is 7.74. The van der Waals surface area contributed by atoms with Crippen LogP contribution in [0.3, 0.4) is 0 Å². The summed E-state index contributed by atoms with van der Waals surface area (Å²) in [5.74, 6) is 1.11.